The van der Waals surface area contributed by atoms with Gasteiger partial charge < -0.3 is 4.84 Å². The lowest BCUT2D eigenvalue weighted by Gasteiger charge is -2.17. The van der Waals surface area contributed by atoms with E-state index in [9.17, 15) is 19.2 Å². The molecular formula is C11H13NO5. The number of carbonyl (C=O) groups excluding carboxylic acids is 4. The van der Waals surface area contributed by atoms with Gasteiger partial charge in [-0.15, -0.1) is 0 Å². The molecule has 0 aromatic carbocycles. The molecule has 0 N–H and O–H groups in total. The van der Waals surface area contributed by atoms with E-state index in [0.717, 1.165) is 12.2 Å². The summed E-state index contributed by atoms with van der Waals surface area (Å²) < 4.78 is 0. The number of Topliss-reactive ketones (excluding diaryl/α,β-unsaturated/α-hetero) is 1. The van der Waals surface area contributed by atoms with Crippen LogP contribution in [0.15, 0.2) is 12.2 Å². The molecule has 2 amide bonds. The van der Waals surface area contributed by atoms with Gasteiger partial charge in [0.15, 0.2) is 0 Å². The number of hydrogen-bond donors (Lipinski definition) is 0. The van der Waals surface area contributed by atoms with E-state index < -0.39 is 29.6 Å². The highest BCUT2D eigenvalue weighted by molar-refractivity contribution is 6.12. The number of imide groups is 1. The lowest BCUT2D eigenvalue weighted by Crippen LogP contribution is -2.34. The number of hydroxylamine groups is 2. The van der Waals surface area contributed by atoms with Crippen LogP contribution in [0.2, 0.25) is 0 Å². The standard InChI is InChI=1S/C11H13NO5/c1-11(2,3)7(13)6-10(16)17-12-8(14)4-5-9(12)15/h4-5H,6H2,1-3H3. The Morgan fingerprint density at radius 2 is 1.65 bits per heavy atom. The molecule has 6 heteroatoms. The van der Waals surface area contributed by atoms with Crippen molar-refractivity contribution >= 4 is 23.6 Å². The van der Waals surface area contributed by atoms with E-state index in [0.29, 0.717) is 5.06 Å². The van der Waals surface area contributed by atoms with Gasteiger partial charge in [-0.2, -0.15) is 0 Å². The highest BCUT2D eigenvalue weighted by Gasteiger charge is 2.30. The Balaban J connectivity index is 2.54. The third kappa shape index (κ3) is 3.24. The van der Waals surface area contributed by atoms with Crippen LogP contribution in [-0.2, 0) is 24.0 Å². The fourth-order valence-corrected chi connectivity index (χ4v) is 1.01. The fourth-order valence-electron chi connectivity index (χ4n) is 1.01. The summed E-state index contributed by atoms with van der Waals surface area (Å²) in [6, 6.07) is 0. The van der Waals surface area contributed by atoms with Crippen molar-refractivity contribution < 1.29 is 24.0 Å². The van der Waals surface area contributed by atoms with Gasteiger partial charge in [-0.1, -0.05) is 25.8 Å². The topological polar surface area (TPSA) is 80.8 Å². The third-order valence-corrected chi connectivity index (χ3v) is 2.10. The van der Waals surface area contributed by atoms with Crippen LogP contribution in [0.3, 0.4) is 0 Å². The Morgan fingerprint density at radius 3 is 2.06 bits per heavy atom. The lowest BCUT2D eigenvalue weighted by atomic mass is 9.89. The Bertz CT molecular complexity index is 398. The number of nitrogens with zero attached hydrogens (tertiary/aromatic N) is 1. The van der Waals surface area contributed by atoms with Gasteiger partial charge in [0.25, 0.3) is 11.8 Å². The Hall–Kier alpha value is -1.98. The molecule has 17 heavy (non-hydrogen) atoms. The molecule has 0 saturated carbocycles. The van der Waals surface area contributed by atoms with Gasteiger partial charge in [0.1, 0.15) is 12.2 Å². The van der Waals surface area contributed by atoms with Gasteiger partial charge >= 0.3 is 5.97 Å². The van der Waals surface area contributed by atoms with Crippen LogP contribution in [0.5, 0.6) is 0 Å². The third-order valence-electron chi connectivity index (χ3n) is 2.10. The second-order valence-electron chi connectivity index (χ2n) is 4.62. The highest BCUT2D eigenvalue weighted by Crippen LogP contribution is 2.17. The van der Waals surface area contributed by atoms with Gasteiger partial charge in [0, 0.05) is 17.6 Å². The number of rotatable bonds is 3. The molecular weight excluding hydrogens is 226 g/mol. The minimum Gasteiger partial charge on any atom is -0.329 e. The molecule has 1 rings (SSSR count). The van der Waals surface area contributed by atoms with Crippen molar-refractivity contribution in [3.8, 4) is 0 Å². The average Bonchev–Trinajstić information content (AvgIpc) is 2.48. The zero-order valence-electron chi connectivity index (χ0n) is 9.85. The van der Waals surface area contributed by atoms with Crippen LogP contribution in [0.4, 0.5) is 0 Å². The zero-order chi connectivity index (χ0) is 13.2. The fraction of sp³-hybridized carbons (Fsp3) is 0.455. The molecule has 92 valence electrons. The summed E-state index contributed by atoms with van der Waals surface area (Å²) in [5.74, 6) is -2.71. The molecule has 0 fully saturated rings. The smallest absolute Gasteiger partial charge is 0.329 e. The summed E-state index contributed by atoms with van der Waals surface area (Å²) in [6.07, 6.45) is 1.50. The SMILES string of the molecule is CC(C)(C)C(=O)CC(=O)ON1C(=O)C=CC1=O. The van der Waals surface area contributed by atoms with Crippen LogP contribution in [0, 0.1) is 5.41 Å². The number of hydrogen-bond acceptors (Lipinski definition) is 5. The summed E-state index contributed by atoms with van der Waals surface area (Å²) in [7, 11) is 0. The van der Waals surface area contributed by atoms with Gasteiger partial charge in [-0.3, -0.25) is 14.4 Å². The van der Waals surface area contributed by atoms with Crippen molar-refractivity contribution in [3.63, 3.8) is 0 Å². The molecule has 1 aliphatic rings. The summed E-state index contributed by atoms with van der Waals surface area (Å²) in [5.41, 5.74) is -0.670. The maximum Gasteiger partial charge on any atom is 0.340 e. The Morgan fingerprint density at radius 1 is 1.18 bits per heavy atom. The molecule has 0 aromatic rings. The molecule has 1 heterocycles. The first-order valence-electron chi connectivity index (χ1n) is 5.02. The van der Waals surface area contributed by atoms with Crippen LogP contribution >= 0.6 is 0 Å². The summed E-state index contributed by atoms with van der Waals surface area (Å²) in [5, 5.41) is 0.332. The minimum atomic E-state index is -0.921. The first kappa shape index (κ1) is 13.1. The molecule has 0 spiro atoms. The van der Waals surface area contributed by atoms with Crippen molar-refractivity contribution in [1.29, 1.82) is 0 Å². The molecule has 0 aliphatic carbocycles. The number of amides is 2. The molecule has 0 bridgehead atoms. The highest BCUT2D eigenvalue weighted by atomic mass is 16.7. The van der Waals surface area contributed by atoms with Crippen LogP contribution < -0.4 is 0 Å². The first-order valence-corrected chi connectivity index (χ1v) is 5.02. The van der Waals surface area contributed by atoms with E-state index >= 15 is 0 Å². The van der Waals surface area contributed by atoms with Crippen molar-refractivity contribution in [2.24, 2.45) is 5.41 Å². The second-order valence-corrected chi connectivity index (χ2v) is 4.62. The van der Waals surface area contributed by atoms with E-state index in [1.165, 1.54) is 0 Å². The maximum absolute atomic E-state index is 11.5. The molecule has 6 nitrogen and oxygen atoms in total. The average molecular weight is 239 g/mol. The van der Waals surface area contributed by atoms with Crippen molar-refractivity contribution in [2.75, 3.05) is 0 Å². The molecule has 0 unspecified atom stereocenters. The van der Waals surface area contributed by atoms with Gasteiger partial charge in [0.05, 0.1) is 0 Å². The van der Waals surface area contributed by atoms with E-state index in [2.05, 4.69) is 4.84 Å². The van der Waals surface area contributed by atoms with Crippen LogP contribution in [0.1, 0.15) is 27.2 Å². The summed E-state index contributed by atoms with van der Waals surface area (Å²) in [6.45, 7) is 4.99. The molecule has 0 aromatic heterocycles. The molecule has 0 radical (unpaired) electrons. The second kappa shape index (κ2) is 4.48. The summed E-state index contributed by atoms with van der Waals surface area (Å²) >= 11 is 0. The number of carbonyl (C=O) groups is 4. The maximum atomic E-state index is 11.5. The van der Waals surface area contributed by atoms with Gasteiger partial charge in [0.2, 0.25) is 0 Å². The predicted molar refractivity (Wildman–Crippen MR) is 56.2 cm³/mol. The van der Waals surface area contributed by atoms with E-state index in [-0.39, 0.29) is 5.78 Å². The molecule has 0 saturated heterocycles. The van der Waals surface area contributed by atoms with Crippen LogP contribution in [0.25, 0.3) is 0 Å². The Labute approximate surface area is 98.2 Å². The summed E-state index contributed by atoms with van der Waals surface area (Å²) in [4.78, 5) is 49.5. The zero-order valence-corrected chi connectivity index (χ0v) is 9.85. The lowest BCUT2D eigenvalue weighted by molar-refractivity contribution is -0.196. The van der Waals surface area contributed by atoms with E-state index in [1.54, 1.807) is 20.8 Å². The van der Waals surface area contributed by atoms with Gasteiger partial charge in [-0.05, 0) is 0 Å². The van der Waals surface area contributed by atoms with Crippen molar-refractivity contribution in [3.05, 3.63) is 12.2 Å². The Kier molecular flexibility index (Phi) is 3.45. The quantitative estimate of drug-likeness (QED) is 0.525. The molecule has 1 aliphatic heterocycles. The monoisotopic (exact) mass is 239 g/mol. The van der Waals surface area contributed by atoms with Crippen LogP contribution in [-0.4, -0.2) is 28.6 Å². The largest absolute Gasteiger partial charge is 0.340 e. The normalized spacial score (nSPS) is 15.4. The predicted octanol–water partition coefficient (Wildman–Crippen LogP) is 0.375. The van der Waals surface area contributed by atoms with Gasteiger partial charge in [-0.25, -0.2) is 4.79 Å². The first-order chi connectivity index (χ1) is 7.71. The number of ketones is 1. The van der Waals surface area contributed by atoms with E-state index in [1.807, 2.05) is 0 Å². The molecule has 0 atom stereocenters. The minimum absolute atomic E-state index is 0.324. The van der Waals surface area contributed by atoms with Crippen molar-refractivity contribution in [2.45, 2.75) is 27.2 Å². The van der Waals surface area contributed by atoms with Crippen molar-refractivity contribution in [1.82, 2.24) is 5.06 Å². The van der Waals surface area contributed by atoms with E-state index in [4.69, 9.17) is 0 Å².